The number of carbonyl (C=O) groups excluding carboxylic acids is 4. The molecule has 0 unspecified atom stereocenters. The average molecular weight is 643 g/mol. The van der Waals surface area contributed by atoms with Gasteiger partial charge in [-0.15, -0.1) is 22.7 Å². The molecule has 0 fully saturated rings. The number of nitrogens with one attached hydrogen (secondary N) is 4. The minimum Gasteiger partial charge on any atom is -0.321 e. The minimum atomic E-state index is -0.198. The number of amides is 4. The lowest BCUT2D eigenvalue weighted by Gasteiger charge is -2.07. The van der Waals surface area contributed by atoms with Crippen LogP contribution in [0, 0.1) is 0 Å². The first-order chi connectivity index (χ1) is 21.8. The van der Waals surface area contributed by atoms with Crippen LogP contribution in [0.4, 0.5) is 11.4 Å². The highest BCUT2D eigenvalue weighted by Gasteiger charge is 2.09. The van der Waals surface area contributed by atoms with E-state index in [0.717, 1.165) is 11.1 Å². The fourth-order valence-corrected chi connectivity index (χ4v) is 5.31. The number of hydrazone groups is 2. The van der Waals surface area contributed by atoms with E-state index in [4.69, 9.17) is 0 Å². The van der Waals surface area contributed by atoms with E-state index < -0.39 is 0 Å². The molecule has 0 aliphatic carbocycles. The zero-order chi connectivity index (χ0) is 32.0. The lowest BCUT2D eigenvalue weighted by Crippen LogP contribution is -2.19. The molecule has 2 aromatic carbocycles. The molecule has 45 heavy (non-hydrogen) atoms. The Kier molecular flexibility index (Phi) is 12.3. The molecule has 0 saturated carbocycles. The molecular formula is C33H34N6O4S2. The molecule has 4 rings (SSSR count). The highest BCUT2D eigenvalue weighted by atomic mass is 32.1. The largest absolute Gasteiger partial charge is 0.321 e. The summed E-state index contributed by atoms with van der Waals surface area (Å²) in [6, 6.07) is 21.7. The molecule has 2 aromatic heterocycles. The van der Waals surface area contributed by atoms with Gasteiger partial charge in [0.05, 0.1) is 21.2 Å². The van der Waals surface area contributed by atoms with E-state index in [1.807, 2.05) is 47.2 Å². The highest BCUT2D eigenvalue weighted by Crippen LogP contribution is 2.16. The number of hydrogen-bond donors (Lipinski definition) is 4. The van der Waals surface area contributed by atoms with Crippen LogP contribution in [-0.2, 0) is 9.59 Å². The number of hydrogen-bond acceptors (Lipinski definition) is 8. The molecule has 0 bridgehead atoms. The van der Waals surface area contributed by atoms with Gasteiger partial charge in [-0.25, -0.2) is 10.9 Å². The third-order valence-electron chi connectivity index (χ3n) is 6.62. The number of unbranched alkanes of at least 4 members (excludes halogenated alkanes) is 2. The summed E-state index contributed by atoms with van der Waals surface area (Å²) < 4.78 is 0. The van der Waals surface area contributed by atoms with Crippen molar-refractivity contribution < 1.29 is 19.2 Å². The molecule has 4 N–H and O–H groups in total. The Labute approximate surface area is 269 Å². The summed E-state index contributed by atoms with van der Waals surface area (Å²) in [6.45, 7) is 3.59. The standard InChI is InChI=1S/C33H34N6O4S2/c1-22(24-12-16-26(17-13-24)34-32(42)28-8-6-20-44-28)36-38-30(40)10-4-3-5-11-31(41)39-37-23(2)25-14-18-27(19-15-25)35-33(43)29-9-7-21-45-29/h6-9,12-21H,3-5,10-11H2,1-2H3,(H,34,42)(H,35,43)(H,38,40)(H,39,41)/b36-22-,37-23-. The summed E-state index contributed by atoms with van der Waals surface area (Å²) >= 11 is 2.76. The van der Waals surface area contributed by atoms with Crippen molar-refractivity contribution >= 4 is 69.1 Å². The molecular weight excluding hydrogens is 609 g/mol. The Bertz CT molecular complexity index is 1520. The highest BCUT2D eigenvalue weighted by molar-refractivity contribution is 7.12. The van der Waals surface area contributed by atoms with Crippen molar-refractivity contribution in [2.24, 2.45) is 10.2 Å². The van der Waals surface area contributed by atoms with Crippen LogP contribution in [0.5, 0.6) is 0 Å². The first-order valence-corrected chi connectivity index (χ1v) is 16.1. The maximum atomic E-state index is 12.2. The van der Waals surface area contributed by atoms with Crippen molar-refractivity contribution in [1.82, 2.24) is 10.9 Å². The summed E-state index contributed by atoms with van der Waals surface area (Å²) in [5, 5.41) is 17.8. The summed E-state index contributed by atoms with van der Waals surface area (Å²) in [7, 11) is 0. The van der Waals surface area contributed by atoms with Gasteiger partial charge >= 0.3 is 0 Å². The maximum Gasteiger partial charge on any atom is 0.265 e. The van der Waals surface area contributed by atoms with Crippen LogP contribution in [0.3, 0.4) is 0 Å². The lowest BCUT2D eigenvalue weighted by atomic mass is 10.1. The van der Waals surface area contributed by atoms with Crippen molar-refractivity contribution in [3.05, 3.63) is 104 Å². The Morgan fingerprint density at radius 2 is 0.978 bits per heavy atom. The molecule has 0 atom stereocenters. The second-order valence-electron chi connectivity index (χ2n) is 10.0. The van der Waals surface area contributed by atoms with Gasteiger partial charge in [0.1, 0.15) is 0 Å². The molecule has 0 spiro atoms. The summed E-state index contributed by atoms with van der Waals surface area (Å²) in [4.78, 5) is 50.1. The molecule has 0 aliphatic rings. The second-order valence-corrected chi connectivity index (χ2v) is 11.9. The number of benzene rings is 2. The second kappa shape index (κ2) is 16.8. The van der Waals surface area contributed by atoms with Gasteiger partial charge in [-0.3, -0.25) is 19.2 Å². The molecule has 4 aromatic rings. The van der Waals surface area contributed by atoms with E-state index >= 15 is 0 Å². The topological polar surface area (TPSA) is 141 Å². The third kappa shape index (κ3) is 10.6. The monoisotopic (exact) mass is 642 g/mol. The Balaban J connectivity index is 1.09. The van der Waals surface area contributed by atoms with Gasteiger partial charge in [0.2, 0.25) is 11.8 Å². The van der Waals surface area contributed by atoms with Crippen molar-refractivity contribution in [1.29, 1.82) is 0 Å². The fraction of sp³-hybridized carbons (Fsp3) is 0.212. The van der Waals surface area contributed by atoms with Gasteiger partial charge < -0.3 is 10.6 Å². The Morgan fingerprint density at radius 1 is 0.578 bits per heavy atom. The van der Waals surface area contributed by atoms with Crippen LogP contribution in [-0.4, -0.2) is 35.1 Å². The third-order valence-corrected chi connectivity index (χ3v) is 8.35. The number of nitrogens with zero attached hydrogens (tertiary/aromatic N) is 2. The van der Waals surface area contributed by atoms with Crippen LogP contribution < -0.4 is 21.5 Å². The Hall–Kier alpha value is -4.94. The quantitative estimate of drug-likeness (QED) is 0.0695. The van der Waals surface area contributed by atoms with E-state index in [9.17, 15) is 19.2 Å². The lowest BCUT2D eigenvalue weighted by molar-refractivity contribution is -0.121. The van der Waals surface area contributed by atoms with Crippen molar-refractivity contribution in [2.45, 2.75) is 46.0 Å². The first-order valence-electron chi connectivity index (χ1n) is 14.4. The van der Waals surface area contributed by atoms with Crippen LogP contribution in [0.2, 0.25) is 0 Å². The van der Waals surface area contributed by atoms with E-state index in [1.54, 1.807) is 50.2 Å². The van der Waals surface area contributed by atoms with Gasteiger partial charge in [-0.1, -0.05) is 42.8 Å². The van der Waals surface area contributed by atoms with E-state index in [1.165, 1.54) is 22.7 Å². The van der Waals surface area contributed by atoms with Gasteiger partial charge in [0.25, 0.3) is 11.8 Å². The average Bonchev–Trinajstić information content (AvgIpc) is 3.79. The van der Waals surface area contributed by atoms with Crippen LogP contribution in [0.15, 0.2) is 93.8 Å². The van der Waals surface area contributed by atoms with Crippen LogP contribution >= 0.6 is 22.7 Å². The number of carbonyl (C=O) groups is 4. The number of anilines is 2. The van der Waals surface area contributed by atoms with Gasteiger partial charge in [-0.05, 0) is 85.0 Å². The van der Waals surface area contributed by atoms with Crippen molar-refractivity contribution in [3.63, 3.8) is 0 Å². The molecule has 0 saturated heterocycles. The smallest absolute Gasteiger partial charge is 0.265 e. The SMILES string of the molecule is C/C(=N/NC(=O)CCCCCC(=O)N/N=C(/C)c1ccc(NC(=O)c2cccs2)cc1)c1ccc(NC(=O)c2cccs2)cc1. The van der Waals surface area contributed by atoms with Crippen LogP contribution in [0.25, 0.3) is 0 Å². The van der Waals surface area contributed by atoms with E-state index in [0.29, 0.717) is 64.7 Å². The number of thiophene rings is 2. The molecule has 232 valence electrons. The summed E-state index contributed by atoms with van der Waals surface area (Å²) in [5.41, 5.74) is 9.43. The van der Waals surface area contributed by atoms with Crippen molar-refractivity contribution in [2.75, 3.05) is 10.6 Å². The molecule has 0 radical (unpaired) electrons. The molecule has 10 nitrogen and oxygen atoms in total. The van der Waals surface area contributed by atoms with Gasteiger partial charge in [0.15, 0.2) is 0 Å². The molecule has 12 heteroatoms. The normalized spacial score (nSPS) is 11.5. The van der Waals surface area contributed by atoms with Gasteiger partial charge in [0, 0.05) is 24.2 Å². The fourth-order valence-electron chi connectivity index (χ4n) is 4.07. The molecule has 0 aliphatic heterocycles. The zero-order valence-electron chi connectivity index (χ0n) is 25.0. The summed E-state index contributed by atoms with van der Waals surface area (Å²) in [5.74, 6) is -0.708. The maximum absolute atomic E-state index is 12.2. The number of rotatable bonds is 14. The van der Waals surface area contributed by atoms with Crippen LogP contribution in [0.1, 0.15) is 76.4 Å². The van der Waals surface area contributed by atoms with E-state index in [-0.39, 0.29) is 23.6 Å². The minimum absolute atomic E-state index is 0.156. The summed E-state index contributed by atoms with van der Waals surface area (Å²) in [6.07, 6.45) is 2.57. The molecule has 2 heterocycles. The van der Waals surface area contributed by atoms with Crippen molar-refractivity contribution in [3.8, 4) is 0 Å². The zero-order valence-corrected chi connectivity index (χ0v) is 26.6. The van der Waals surface area contributed by atoms with E-state index in [2.05, 4.69) is 31.7 Å². The predicted molar refractivity (Wildman–Crippen MR) is 181 cm³/mol. The van der Waals surface area contributed by atoms with Gasteiger partial charge in [-0.2, -0.15) is 10.2 Å². The molecule has 4 amide bonds. The predicted octanol–water partition coefficient (Wildman–Crippen LogP) is 6.65. The Morgan fingerprint density at radius 3 is 1.33 bits per heavy atom. The first kappa shape index (κ1) is 33.0.